The molecule has 8 nitrogen and oxygen atoms in total. The van der Waals surface area contributed by atoms with Gasteiger partial charge in [0.25, 0.3) is 0 Å². The Kier molecular flexibility index (Phi) is 4.15. The van der Waals surface area contributed by atoms with E-state index in [0.717, 1.165) is 0 Å². The van der Waals surface area contributed by atoms with E-state index in [1.165, 1.54) is 11.8 Å². The molecule has 0 aromatic heterocycles. The summed E-state index contributed by atoms with van der Waals surface area (Å²) in [6, 6.07) is -1.47. The standard InChI is InChI=1S/C13H17NO7/c1-4-19-13(18)21-7(3)20-12(17)10-6(2)11(16)8-5-9(15)14(8)10/h6-8,10H,4-5H2,1-3H3/t6?,7?,8-,10?/m0/s1. The minimum Gasteiger partial charge on any atom is -0.435 e. The predicted octanol–water partition coefficient (Wildman–Crippen LogP) is 0.237. The molecule has 8 heteroatoms. The number of carbonyl (C=O) groups is 4. The summed E-state index contributed by atoms with van der Waals surface area (Å²) in [6.07, 6.45) is -1.97. The summed E-state index contributed by atoms with van der Waals surface area (Å²) in [6.45, 7) is 4.68. The van der Waals surface area contributed by atoms with Crippen molar-refractivity contribution < 1.29 is 33.4 Å². The lowest BCUT2D eigenvalue weighted by molar-refractivity contribution is -0.179. The molecule has 2 aliphatic heterocycles. The van der Waals surface area contributed by atoms with Gasteiger partial charge in [-0.05, 0) is 6.92 Å². The highest BCUT2D eigenvalue weighted by Crippen LogP contribution is 2.36. The number of ketones is 1. The Morgan fingerprint density at radius 3 is 2.57 bits per heavy atom. The zero-order valence-corrected chi connectivity index (χ0v) is 12.0. The summed E-state index contributed by atoms with van der Waals surface area (Å²) in [5.74, 6) is -1.78. The van der Waals surface area contributed by atoms with Gasteiger partial charge in [0, 0.05) is 12.8 Å². The molecule has 21 heavy (non-hydrogen) atoms. The number of amides is 1. The third-order valence-electron chi connectivity index (χ3n) is 3.59. The van der Waals surface area contributed by atoms with Crippen LogP contribution in [0, 0.1) is 5.92 Å². The van der Waals surface area contributed by atoms with E-state index in [-0.39, 0.29) is 24.7 Å². The molecule has 2 saturated heterocycles. The van der Waals surface area contributed by atoms with E-state index >= 15 is 0 Å². The first-order chi connectivity index (χ1) is 9.86. The summed E-state index contributed by atoms with van der Waals surface area (Å²) in [7, 11) is 0. The molecule has 2 fully saturated rings. The van der Waals surface area contributed by atoms with Crippen LogP contribution in [0.5, 0.6) is 0 Å². The van der Waals surface area contributed by atoms with Gasteiger partial charge in [-0.3, -0.25) is 9.59 Å². The largest absolute Gasteiger partial charge is 0.511 e. The minimum absolute atomic E-state index is 0.137. The summed E-state index contributed by atoms with van der Waals surface area (Å²) < 4.78 is 14.2. The van der Waals surface area contributed by atoms with Gasteiger partial charge in [-0.15, -0.1) is 0 Å². The van der Waals surface area contributed by atoms with Gasteiger partial charge in [-0.2, -0.15) is 0 Å². The first-order valence-corrected chi connectivity index (χ1v) is 6.75. The topological polar surface area (TPSA) is 99.2 Å². The summed E-state index contributed by atoms with van der Waals surface area (Å²) in [4.78, 5) is 47.8. The van der Waals surface area contributed by atoms with Crippen LogP contribution in [0.1, 0.15) is 27.2 Å². The maximum atomic E-state index is 12.1. The van der Waals surface area contributed by atoms with Crippen LogP contribution >= 0.6 is 0 Å². The van der Waals surface area contributed by atoms with Crippen LogP contribution in [0.2, 0.25) is 0 Å². The van der Waals surface area contributed by atoms with Gasteiger partial charge in [0.05, 0.1) is 13.0 Å². The first-order valence-electron chi connectivity index (χ1n) is 6.75. The number of fused-ring (bicyclic) bond motifs is 1. The lowest BCUT2D eigenvalue weighted by Gasteiger charge is -2.36. The first kappa shape index (κ1) is 15.3. The van der Waals surface area contributed by atoms with Crippen molar-refractivity contribution in [3.05, 3.63) is 0 Å². The number of carbonyl (C=O) groups excluding carboxylic acids is 4. The molecule has 3 unspecified atom stereocenters. The fourth-order valence-corrected chi connectivity index (χ4v) is 2.58. The third-order valence-corrected chi connectivity index (χ3v) is 3.59. The van der Waals surface area contributed by atoms with Crippen LogP contribution in [0.3, 0.4) is 0 Å². The van der Waals surface area contributed by atoms with Crippen molar-refractivity contribution in [2.45, 2.75) is 45.6 Å². The number of Topliss-reactive ketones (excluding diaryl/α,β-unsaturated/α-hetero) is 1. The van der Waals surface area contributed by atoms with Crippen molar-refractivity contribution in [2.75, 3.05) is 6.61 Å². The van der Waals surface area contributed by atoms with E-state index in [1.807, 2.05) is 0 Å². The van der Waals surface area contributed by atoms with Crippen LogP contribution in [0.25, 0.3) is 0 Å². The smallest absolute Gasteiger partial charge is 0.435 e. The number of hydrogen-bond acceptors (Lipinski definition) is 7. The molecule has 0 aromatic rings. The van der Waals surface area contributed by atoms with Crippen LogP contribution < -0.4 is 0 Å². The number of nitrogens with zero attached hydrogens (tertiary/aromatic N) is 1. The van der Waals surface area contributed by atoms with Crippen molar-refractivity contribution in [3.63, 3.8) is 0 Å². The van der Waals surface area contributed by atoms with Gasteiger partial charge < -0.3 is 19.1 Å². The van der Waals surface area contributed by atoms with E-state index in [4.69, 9.17) is 9.47 Å². The van der Waals surface area contributed by atoms with Crippen molar-refractivity contribution in [3.8, 4) is 0 Å². The second-order valence-corrected chi connectivity index (χ2v) is 4.96. The number of esters is 1. The summed E-state index contributed by atoms with van der Waals surface area (Å²) in [5, 5.41) is 0. The van der Waals surface area contributed by atoms with Crippen molar-refractivity contribution in [1.82, 2.24) is 4.90 Å². The molecule has 0 spiro atoms. The predicted molar refractivity (Wildman–Crippen MR) is 66.9 cm³/mol. The molecule has 0 N–H and O–H groups in total. The third kappa shape index (κ3) is 2.70. The lowest BCUT2D eigenvalue weighted by atomic mass is 9.98. The second kappa shape index (κ2) is 5.71. The average molecular weight is 299 g/mol. The maximum Gasteiger partial charge on any atom is 0.511 e. The summed E-state index contributed by atoms with van der Waals surface area (Å²) in [5.41, 5.74) is 0. The number of ether oxygens (including phenoxy) is 3. The molecule has 0 saturated carbocycles. The van der Waals surface area contributed by atoms with Gasteiger partial charge in [0.2, 0.25) is 12.2 Å². The number of β-lactam (4-membered cyclic amide) rings is 1. The molecule has 4 atom stereocenters. The fourth-order valence-electron chi connectivity index (χ4n) is 2.58. The fraction of sp³-hybridized carbons (Fsp3) is 0.692. The quantitative estimate of drug-likeness (QED) is 0.416. The van der Waals surface area contributed by atoms with Crippen molar-refractivity contribution in [2.24, 2.45) is 5.92 Å². The Morgan fingerprint density at radius 1 is 1.33 bits per heavy atom. The minimum atomic E-state index is -1.16. The monoisotopic (exact) mass is 299 g/mol. The van der Waals surface area contributed by atoms with E-state index in [1.54, 1.807) is 13.8 Å². The average Bonchev–Trinajstić information content (AvgIpc) is 2.59. The molecule has 2 heterocycles. The lowest BCUT2D eigenvalue weighted by Crippen LogP contribution is -2.56. The molecule has 0 radical (unpaired) electrons. The molecular weight excluding hydrogens is 282 g/mol. The molecule has 2 aliphatic rings. The van der Waals surface area contributed by atoms with E-state index in [0.29, 0.717) is 0 Å². The highest BCUT2D eigenvalue weighted by molar-refractivity contribution is 6.07. The molecule has 0 aromatic carbocycles. The van der Waals surface area contributed by atoms with Gasteiger partial charge in [-0.1, -0.05) is 6.92 Å². The van der Waals surface area contributed by atoms with Gasteiger partial charge >= 0.3 is 12.1 Å². The number of hydrogen-bond donors (Lipinski definition) is 0. The second-order valence-electron chi connectivity index (χ2n) is 4.96. The van der Waals surface area contributed by atoms with Gasteiger partial charge in [-0.25, -0.2) is 9.59 Å². The molecule has 116 valence electrons. The molecule has 0 bridgehead atoms. The van der Waals surface area contributed by atoms with Gasteiger partial charge in [0.1, 0.15) is 12.1 Å². The Labute approximate surface area is 121 Å². The Morgan fingerprint density at radius 2 is 2.00 bits per heavy atom. The molecule has 2 rings (SSSR count). The summed E-state index contributed by atoms with van der Waals surface area (Å²) >= 11 is 0. The van der Waals surface area contributed by atoms with Gasteiger partial charge in [0.15, 0.2) is 5.78 Å². The Bertz CT molecular complexity index is 489. The van der Waals surface area contributed by atoms with Crippen LogP contribution in [0.15, 0.2) is 0 Å². The maximum absolute atomic E-state index is 12.1. The highest BCUT2D eigenvalue weighted by atomic mass is 16.8. The molecular formula is C13H17NO7. The molecule has 1 amide bonds. The zero-order valence-electron chi connectivity index (χ0n) is 12.0. The SMILES string of the molecule is CCOC(=O)OC(C)OC(=O)C1C(C)C(=O)[C@@H]2CC(=O)N12. The van der Waals surface area contributed by atoms with Crippen molar-refractivity contribution >= 4 is 23.8 Å². The zero-order chi connectivity index (χ0) is 15.7. The van der Waals surface area contributed by atoms with E-state index < -0.39 is 36.4 Å². The van der Waals surface area contributed by atoms with Crippen molar-refractivity contribution in [1.29, 1.82) is 0 Å². The van der Waals surface area contributed by atoms with E-state index in [9.17, 15) is 19.2 Å². The Hall–Kier alpha value is -2.12. The van der Waals surface area contributed by atoms with Crippen LogP contribution in [0.4, 0.5) is 4.79 Å². The van der Waals surface area contributed by atoms with Crippen LogP contribution in [-0.2, 0) is 28.6 Å². The van der Waals surface area contributed by atoms with E-state index in [2.05, 4.69) is 4.74 Å². The molecule has 0 aliphatic carbocycles. The normalized spacial score (nSPS) is 28.5. The highest BCUT2D eigenvalue weighted by Gasteiger charge is 2.58. The van der Waals surface area contributed by atoms with Crippen LogP contribution in [-0.4, -0.2) is 53.7 Å². The Balaban J connectivity index is 1.95. The number of rotatable bonds is 4.